The van der Waals surface area contributed by atoms with Crippen LogP contribution in [0.4, 0.5) is 5.69 Å². The van der Waals surface area contributed by atoms with Crippen molar-refractivity contribution >= 4 is 33.7 Å². The van der Waals surface area contributed by atoms with E-state index in [0.29, 0.717) is 22.8 Å². The zero-order valence-corrected chi connectivity index (χ0v) is 14.5. The van der Waals surface area contributed by atoms with Gasteiger partial charge in [-0.25, -0.2) is 4.98 Å². The Labute approximate surface area is 150 Å². The Kier molecular flexibility index (Phi) is 4.04. The van der Waals surface area contributed by atoms with E-state index >= 15 is 0 Å². The van der Waals surface area contributed by atoms with Gasteiger partial charge in [0, 0.05) is 23.7 Å². The Hall–Kier alpha value is -3.35. The van der Waals surface area contributed by atoms with Gasteiger partial charge in [-0.2, -0.15) is 0 Å². The van der Waals surface area contributed by atoms with Crippen molar-refractivity contribution in [3.8, 4) is 0 Å². The van der Waals surface area contributed by atoms with E-state index in [4.69, 9.17) is 0 Å². The van der Waals surface area contributed by atoms with Crippen molar-refractivity contribution in [2.24, 2.45) is 5.92 Å². The quantitative estimate of drug-likeness (QED) is 0.613. The second kappa shape index (κ2) is 6.51. The van der Waals surface area contributed by atoms with Gasteiger partial charge in [0.25, 0.3) is 5.91 Å². The minimum atomic E-state index is -0.195. The lowest BCUT2D eigenvalue weighted by Crippen LogP contribution is -2.12. The highest BCUT2D eigenvalue weighted by Gasteiger charge is 2.14. The molecule has 7 nitrogen and oxygen atoms in total. The lowest BCUT2D eigenvalue weighted by atomic mass is 10.1. The number of nitrogens with one attached hydrogen (secondary N) is 1. The summed E-state index contributed by atoms with van der Waals surface area (Å²) in [6.07, 6.45) is 5.05. The molecular formula is C19H18N6O. The Balaban J connectivity index is 1.79. The number of pyridine rings is 1. The van der Waals surface area contributed by atoms with E-state index in [2.05, 4.69) is 43.9 Å². The van der Waals surface area contributed by atoms with Crippen LogP contribution >= 0.6 is 0 Å². The molecule has 4 rings (SSSR count). The minimum absolute atomic E-state index is 0.195. The third-order valence-electron chi connectivity index (χ3n) is 4.07. The van der Waals surface area contributed by atoms with Crippen molar-refractivity contribution < 1.29 is 4.79 Å². The number of nitrogens with zero attached hydrogens (tertiary/aromatic N) is 5. The van der Waals surface area contributed by atoms with E-state index in [0.717, 1.165) is 23.0 Å². The summed E-state index contributed by atoms with van der Waals surface area (Å²) in [4.78, 5) is 21.0. The zero-order chi connectivity index (χ0) is 18.1. The molecule has 1 aromatic carbocycles. The second-order valence-corrected chi connectivity index (χ2v) is 6.59. The predicted molar refractivity (Wildman–Crippen MR) is 99.9 cm³/mol. The molecule has 4 aromatic rings. The fourth-order valence-corrected chi connectivity index (χ4v) is 2.95. The molecule has 130 valence electrons. The average molecular weight is 346 g/mol. The van der Waals surface area contributed by atoms with E-state index in [1.165, 1.54) is 0 Å². The van der Waals surface area contributed by atoms with Crippen LogP contribution in [0.1, 0.15) is 24.2 Å². The van der Waals surface area contributed by atoms with Gasteiger partial charge in [0.05, 0.1) is 29.2 Å². The van der Waals surface area contributed by atoms with Crippen LogP contribution in [0.15, 0.2) is 49.1 Å². The number of amides is 1. The number of rotatable bonds is 4. The molecule has 0 aliphatic heterocycles. The second-order valence-electron chi connectivity index (χ2n) is 6.59. The van der Waals surface area contributed by atoms with Gasteiger partial charge in [-0.1, -0.05) is 13.8 Å². The van der Waals surface area contributed by atoms with Gasteiger partial charge in [0.15, 0.2) is 0 Å². The highest BCUT2D eigenvalue weighted by molar-refractivity contribution is 6.09. The summed E-state index contributed by atoms with van der Waals surface area (Å²) in [6, 6.07) is 8.98. The smallest absolute Gasteiger partial charge is 0.255 e. The number of hydrogen-bond donors (Lipinski definition) is 1. The van der Waals surface area contributed by atoms with Gasteiger partial charge < -0.3 is 9.88 Å². The highest BCUT2D eigenvalue weighted by atomic mass is 16.1. The summed E-state index contributed by atoms with van der Waals surface area (Å²) in [7, 11) is 0. The number of hydrogen-bond acceptors (Lipinski definition) is 5. The van der Waals surface area contributed by atoms with Crippen molar-refractivity contribution in [1.82, 2.24) is 24.7 Å². The first-order valence-electron chi connectivity index (χ1n) is 8.44. The highest BCUT2D eigenvalue weighted by Crippen LogP contribution is 2.24. The number of imidazole rings is 1. The third kappa shape index (κ3) is 2.99. The van der Waals surface area contributed by atoms with E-state index < -0.39 is 0 Å². The van der Waals surface area contributed by atoms with Gasteiger partial charge in [-0.05, 0) is 36.2 Å². The third-order valence-corrected chi connectivity index (χ3v) is 4.07. The van der Waals surface area contributed by atoms with E-state index in [1.54, 1.807) is 36.9 Å². The van der Waals surface area contributed by atoms with Crippen LogP contribution in [-0.4, -0.2) is 30.6 Å². The van der Waals surface area contributed by atoms with E-state index in [1.807, 2.05) is 12.1 Å². The molecule has 0 radical (unpaired) electrons. The molecule has 0 atom stereocenters. The Morgan fingerprint density at radius 3 is 2.88 bits per heavy atom. The van der Waals surface area contributed by atoms with Gasteiger partial charge in [0.1, 0.15) is 0 Å². The van der Waals surface area contributed by atoms with E-state index in [9.17, 15) is 4.79 Å². The number of anilines is 1. The van der Waals surface area contributed by atoms with Gasteiger partial charge >= 0.3 is 0 Å². The molecule has 0 spiro atoms. The van der Waals surface area contributed by atoms with Crippen LogP contribution in [0.5, 0.6) is 0 Å². The lowest BCUT2D eigenvalue weighted by molar-refractivity contribution is 0.102. The fraction of sp³-hybridized carbons (Fsp3) is 0.211. The Bertz CT molecular complexity index is 1090. The van der Waals surface area contributed by atoms with Crippen LogP contribution in [-0.2, 0) is 6.54 Å². The number of carbonyl (C=O) groups is 1. The summed E-state index contributed by atoms with van der Waals surface area (Å²) in [5.74, 6) is 0.271. The molecule has 7 heteroatoms. The zero-order valence-electron chi connectivity index (χ0n) is 14.5. The molecular weight excluding hydrogens is 328 g/mol. The SMILES string of the molecule is CC(C)Cn1cnc2nnc3ccc(C(=O)Nc4cccnc4)cc3c21. The summed E-state index contributed by atoms with van der Waals surface area (Å²) < 4.78 is 2.07. The molecule has 26 heavy (non-hydrogen) atoms. The Morgan fingerprint density at radius 1 is 1.23 bits per heavy atom. The molecule has 0 saturated carbocycles. The largest absolute Gasteiger partial charge is 0.328 e. The van der Waals surface area contributed by atoms with Crippen LogP contribution in [0.3, 0.4) is 0 Å². The van der Waals surface area contributed by atoms with Crippen LogP contribution in [0, 0.1) is 5.92 Å². The van der Waals surface area contributed by atoms with Crippen molar-refractivity contribution in [1.29, 1.82) is 0 Å². The van der Waals surface area contributed by atoms with Crippen molar-refractivity contribution in [3.05, 3.63) is 54.6 Å². The molecule has 1 amide bonds. The molecule has 0 fully saturated rings. The van der Waals surface area contributed by atoms with Crippen molar-refractivity contribution in [3.63, 3.8) is 0 Å². The molecule has 0 saturated heterocycles. The lowest BCUT2D eigenvalue weighted by Gasteiger charge is -2.09. The fourth-order valence-electron chi connectivity index (χ4n) is 2.95. The van der Waals surface area contributed by atoms with Crippen LogP contribution in [0.2, 0.25) is 0 Å². The summed E-state index contributed by atoms with van der Waals surface area (Å²) >= 11 is 0. The van der Waals surface area contributed by atoms with Gasteiger partial charge in [-0.3, -0.25) is 9.78 Å². The summed E-state index contributed by atoms with van der Waals surface area (Å²) in [6.45, 7) is 5.12. The molecule has 0 bridgehead atoms. The molecule has 3 aromatic heterocycles. The maximum Gasteiger partial charge on any atom is 0.255 e. The molecule has 0 unspecified atom stereocenters. The minimum Gasteiger partial charge on any atom is -0.328 e. The molecule has 3 heterocycles. The van der Waals surface area contributed by atoms with E-state index in [-0.39, 0.29) is 5.91 Å². The van der Waals surface area contributed by atoms with Gasteiger partial charge in [0.2, 0.25) is 5.65 Å². The first-order chi connectivity index (χ1) is 12.6. The topological polar surface area (TPSA) is 85.6 Å². The number of carbonyl (C=O) groups excluding carboxylic acids is 1. The predicted octanol–water partition coefficient (Wildman–Crippen LogP) is 3.28. The van der Waals surface area contributed by atoms with Gasteiger partial charge in [-0.15, -0.1) is 10.2 Å². The normalized spacial score (nSPS) is 11.3. The number of benzene rings is 1. The molecule has 0 aliphatic carbocycles. The van der Waals surface area contributed by atoms with Crippen molar-refractivity contribution in [2.45, 2.75) is 20.4 Å². The maximum absolute atomic E-state index is 12.6. The number of aromatic nitrogens is 5. The maximum atomic E-state index is 12.6. The number of fused-ring (bicyclic) bond motifs is 3. The molecule has 0 aliphatic rings. The van der Waals surface area contributed by atoms with Crippen LogP contribution in [0.25, 0.3) is 22.1 Å². The summed E-state index contributed by atoms with van der Waals surface area (Å²) in [5.41, 5.74) is 3.43. The standard InChI is InChI=1S/C19H18N6O/c1-12(2)10-25-11-21-18-17(25)15-8-13(5-6-16(15)23-24-18)19(26)22-14-4-3-7-20-9-14/h3-9,11-12H,10H2,1-2H3,(H,22,26). The average Bonchev–Trinajstić information content (AvgIpc) is 3.05. The molecule has 1 N–H and O–H groups in total. The van der Waals surface area contributed by atoms with Crippen LogP contribution < -0.4 is 5.32 Å². The van der Waals surface area contributed by atoms with Crippen molar-refractivity contribution in [2.75, 3.05) is 5.32 Å². The first-order valence-corrected chi connectivity index (χ1v) is 8.44. The first kappa shape index (κ1) is 16.1. The Morgan fingerprint density at radius 2 is 2.12 bits per heavy atom. The monoisotopic (exact) mass is 346 g/mol. The summed E-state index contributed by atoms with van der Waals surface area (Å²) in [5, 5.41) is 12.1.